The highest BCUT2D eigenvalue weighted by molar-refractivity contribution is 5.74. The number of hydrogen-bond acceptors (Lipinski definition) is 9. The minimum Gasteiger partial charge on any atom is -0.480 e. The van der Waals surface area contributed by atoms with Crippen LogP contribution in [0.5, 0.6) is 0 Å². The van der Waals surface area contributed by atoms with Crippen molar-refractivity contribution in [3.05, 3.63) is 0 Å². The van der Waals surface area contributed by atoms with Gasteiger partial charge in [-0.2, -0.15) is 9.59 Å². The molecule has 0 fully saturated rings. The number of carboxylic acids is 3. The SMILES string of the molecule is C.NCCCC[C@H](N)C(=O)O.N[C@H](CCC[C@H](N)C(=O)O)C(=O)O.O=C=O. The summed E-state index contributed by atoms with van der Waals surface area (Å²) < 4.78 is 0. The fourth-order valence-corrected chi connectivity index (χ4v) is 1.44. The van der Waals surface area contributed by atoms with E-state index in [1.165, 1.54) is 0 Å². The molecular formula is C15H32N4O8. The molecule has 0 bridgehead atoms. The van der Waals surface area contributed by atoms with Gasteiger partial charge in [-0.15, -0.1) is 0 Å². The number of carboxylic acid groups (broad SMARTS) is 3. The van der Waals surface area contributed by atoms with E-state index < -0.39 is 36.0 Å². The number of nitrogens with two attached hydrogens (primary N) is 4. The van der Waals surface area contributed by atoms with Crippen molar-refractivity contribution in [1.82, 2.24) is 0 Å². The van der Waals surface area contributed by atoms with E-state index in [0.29, 0.717) is 19.4 Å². The summed E-state index contributed by atoms with van der Waals surface area (Å²) in [5.74, 6) is -3.09. The highest BCUT2D eigenvalue weighted by Crippen LogP contribution is 2.02. The van der Waals surface area contributed by atoms with E-state index in [1.807, 2.05) is 0 Å². The van der Waals surface area contributed by atoms with E-state index in [2.05, 4.69) is 0 Å². The Bertz CT molecular complexity index is 422. The number of carbonyl (C=O) groups excluding carboxylic acids is 2. The van der Waals surface area contributed by atoms with Crippen LogP contribution in [0.3, 0.4) is 0 Å². The predicted octanol–water partition coefficient (Wildman–Crippen LogP) is -1.44. The van der Waals surface area contributed by atoms with Gasteiger partial charge in [-0.1, -0.05) is 13.8 Å². The van der Waals surface area contributed by atoms with Crippen molar-refractivity contribution >= 4 is 24.1 Å². The van der Waals surface area contributed by atoms with Gasteiger partial charge in [-0.05, 0) is 38.6 Å². The molecule has 0 aliphatic heterocycles. The molecule has 160 valence electrons. The van der Waals surface area contributed by atoms with Crippen LogP contribution in [0.2, 0.25) is 0 Å². The highest BCUT2D eigenvalue weighted by atomic mass is 16.4. The molecule has 0 amide bonds. The Labute approximate surface area is 157 Å². The maximum absolute atomic E-state index is 10.2. The zero-order chi connectivity index (χ0) is 21.1. The van der Waals surface area contributed by atoms with Crippen LogP contribution >= 0.6 is 0 Å². The van der Waals surface area contributed by atoms with Gasteiger partial charge in [0.1, 0.15) is 18.1 Å². The molecule has 0 aliphatic rings. The lowest BCUT2D eigenvalue weighted by molar-refractivity contribution is -0.191. The van der Waals surface area contributed by atoms with Gasteiger partial charge in [-0.3, -0.25) is 14.4 Å². The first kappa shape index (κ1) is 32.3. The Morgan fingerprint density at radius 1 is 0.704 bits per heavy atom. The summed E-state index contributed by atoms with van der Waals surface area (Å²) >= 11 is 0. The molecule has 0 saturated carbocycles. The standard InChI is InChI=1S/C7H14N2O4.C6H14N2O2.CO2.CH4/c8-4(6(10)11)2-1-3-5(9)7(12)13;7-4-2-1-3-5(8)6(9)10;2-1-3;/h4-5H,1-3,8-9H2,(H,10,11)(H,12,13);5H,1-4,7-8H2,(H,9,10);;1H4/t4-,5+;5-;;/m.0../s1. The molecule has 0 spiro atoms. The Hall–Kier alpha value is -2.37. The number of hydrogen-bond donors (Lipinski definition) is 7. The van der Waals surface area contributed by atoms with Gasteiger partial charge in [0.2, 0.25) is 0 Å². The van der Waals surface area contributed by atoms with Crippen LogP contribution in [0, 0.1) is 0 Å². The van der Waals surface area contributed by atoms with Gasteiger partial charge in [0.25, 0.3) is 0 Å². The number of unbranched alkanes of at least 4 members (excludes halogenated alkanes) is 1. The van der Waals surface area contributed by atoms with Gasteiger partial charge in [-0.25, -0.2) is 0 Å². The lowest BCUT2D eigenvalue weighted by Gasteiger charge is -2.07. The molecule has 0 aromatic heterocycles. The molecule has 0 unspecified atom stereocenters. The first-order valence-corrected chi connectivity index (χ1v) is 7.69. The average Bonchev–Trinajstić information content (AvgIpc) is 2.55. The lowest BCUT2D eigenvalue weighted by atomic mass is 10.1. The summed E-state index contributed by atoms with van der Waals surface area (Å²) in [5, 5.41) is 25.1. The van der Waals surface area contributed by atoms with E-state index in [-0.39, 0.29) is 26.4 Å². The van der Waals surface area contributed by atoms with Crippen LogP contribution in [0.15, 0.2) is 0 Å². The van der Waals surface area contributed by atoms with Gasteiger partial charge in [0.15, 0.2) is 0 Å². The first-order chi connectivity index (χ1) is 12.0. The summed E-state index contributed by atoms with van der Waals surface area (Å²) in [6.45, 7) is 0.604. The van der Waals surface area contributed by atoms with Crippen LogP contribution in [0.1, 0.15) is 46.0 Å². The zero-order valence-corrected chi connectivity index (χ0v) is 14.4. The summed E-state index contributed by atoms with van der Waals surface area (Å²) in [7, 11) is 0. The molecule has 12 nitrogen and oxygen atoms in total. The Balaban J connectivity index is -0.000000169. The van der Waals surface area contributed by atoms with Gasteiger partial charge >= 0.3 is 24.1 Å². The fraction of sp³-hybridized carbons (Fsp3) is 0.733. The summed E-state index contributed by atoms with van der Waals surface area (Å²) in [6.07, 6.45) is 3.31. The number of rotatable bonds is 11. The fourth-order valence-electron chi connectivity index (χ4n) is 1.44. The molecule has 0 heterocycles. The van der Waals surface area contributed by atoms with Crippen molar-refractivity contribution < 1.29 is 39.3 Å². The molecule has 0 radical (unpaired) electrons. The van der Waals surface area contributed by atoms with Gasteiger partial charge in [0.05, 0.1) is 0 Å². The largest absolute Gasteiger partial charge is 0.480 e. The second-order valence-electron chi connectivity index (χ2n) is 5.13. The van der Waals surface area contributed by atoms with E-state index in [1.54, 1.807) is 0 Å². The summed E-state index contributed by atoms with van der Waals surface area (Å²) in [6, 6.07) is -2.58. The molecule has 12 heteroatoms. The Kier molecular flexibility index (Phi) is 25.9. The van der Waals surface area contributed by atoms with Crippen LogP contribution < -0.4 is 22.9 Å². The van der Waals surface area contributed by atoms with E-state index in [4.69, 9.17) is 47.8 Å². The van der Waals surface area contributed by atoms with E-state index in [9.17, 15) is 14.4 Å². The average molecular weight is 396 g/mol. The third-order valence-corrected chi connectivity index (χ3v) is 2.95. The number of aliphatic carboxylic acids is 3. The minimum absolute atomic E-state index is 0. The van der Waals surface area contributed by atoms with Gasteiger partial charge in [0, 0.05) is 0 Å². The second kappa shape index (κ2) is 21.7. The van der Waals surface area contributed by atoms with Crippen molar-refractivity contribution in [3.8, 4) is 0 Å². The molecule has 3 atom stereocenters. The first-order valence-electron chi connectivity index (χ1n) is 7.69. The number of carbonyl (C=O) groups is 3. The van der Waals surface area contributed by atoms with Crippen molar-refractivity contribution in [2.75, 3.05) is 6.54 Å². The monoisotopic (exact) mass is 396 g/mol. The van der Waals surface area contributed by atoms with Crippen molar-refractivity contribution in [1.29, 1.82) is 0 Å². The Morgan fingerprint density at radius 2 is 0.963 bits per heavy atom. The van der Waals surface area contributed by atoms with Crippen LogP contribution in [0.25, 0.3) is 0 Å². The minimum atomic E-state index is -1.08. The maximum Gasteiger partial charge on any atom is 0.373 e. The summed E-state index contributed by atoms with van der Waals surface area (Å²) in [5.41, 5.74) is 20.8. The molecule has 0 saturated heterocycles. The molecular weight excluding hydrogens is 364 g/mol. The topological polar surface area (TPSA) is 250 Å². The quantitative estimate of drug-likeness (QED) is 0.198. The van der Waals surface area contributed by atoms with Crippen molar-refractivity contribution in [2.45, 2.75) is 64.1 Å². The van der Waals surface area contributed by atoms with E-state index in [0.717, 1.165) is 12.8 Å². The van der Waals surface area contributed by atoms with E-state index >= 15 is 0 Å². The van der Waals surface area contributed by atoms with Crippen LogP contribution in [0.4, 0.5) is 0 Å². The maximum atomic E-state index is 10.2. The molecule has 0 aliphatic carbocycles. The smallest absolute Gasteiger partial charge is 0.373 e. The second-order valence-corrected chi connectivity index (χ2v) is 5.13. The van der Waals surface area contributed by atoms with Crippen LogP contribution in [-0.2, 0) is 24.0 Å². The Morgan fingerprint density at radius 3 is 1.19 bits per heavy atom. The van der Waals surface area contributed by atoms with Gasteiger partial charge < -0.3 is 38.3 Å². The highest BCUT2D eigenvalue weighted by Gasteiger charge is 2.14. The molecule has 0 aromatic rings. The van der Waals surface area contributed by atoms with Crippen LogP contribution in [-0.4, -0.2) is 64.0 Å². The third-order valence-electron chi connectivity index (χ3n) is 2.95. The summed E-state index contributed by atoms with van der Waals surface area (Å²) in [4.78, 5) is 46.9. The lowest BCUT2D eigenvalue weighted by Crippen LogP contribution is -2.33. The molecule has 0 aromatic carbocycles. The van der Waals surface area contributed by atoms with Crippen molar-refractivity contribution in [2.24, 2.45) is 22.9 Å². The predicted molar refractivity (Wildman–Crippen MR) is 95.3 cm³/mol. The molecule has 27 heavy (non-hydrogen) atoms. The zero-order valence-electron chi connectivity index (χ0n) is 14.4. The molecule has 0 rings (SSSR count). The van der Waals surface area contributed by atoms with Crippen molar-refractivity contribution in [3.63, 3.8) is 0 Å². The third kappa shape index (κ3) is 26.0. The normalized spacial score (nSPS) is 12.3. The molecule has 11 N–H and O–H groups in total.